The molecular weight excluding hydrogens is 388 g/mol. The van der Waals surface area contributed by atoms with Gasteiger partial charge in [0.15, 0.2) is 0 Å². The summed E-state index contributed by atoms with van der Waals surface area (Å²) in [7, 11) is -3.97. The standard InChI is InChI=1S/C18H26N2O7S/c1-18(2,3)27-17(21)19-14-6-4-13(5-7-14)12-26-28(24,25)16-10-8-15(9-11-16)20(22)23/h8-11,13-14H,4-7,12H2,1-3H3,(H,19,21)/t13-,14-. The number of non-ortho nitro benzene ring substituents is 1. The van der Waals surface area contributed by atoms with Crippen LogP contribution in [0, 0.1) is 16.0 Å². The fourth-order valence-corrected chi connectivity index (χ4v) is 3.91. The number of nitrogens with one attached hydrogen (secondary N) is 1. The third-order valence-electron chi connectivity index (χ3n) is 4.36. The maximum Gasteiger partial charge on any atom is 0.407 e. The normalized spacial score (nSPS) is 20.4. The number of nitro groups is 1. The summed E-state index contributed by atoms with van der Waals surface area (Å²) in [5.74, 6) is 0.0597. The van der Waals surface area contributed by atoms with E-state index in [1.54, 1.807) is 20.8 Å². The Kier molecular flexibility index (Phi) is 7.00. The van der Waals surface area contributed by atoms with Crippen LogP contribution in [0.4, 0.5) is 10.5 Å². The predicted molar refractivity (Wildman–Crippen MR) is 101 cm³/mol. The topological polar surface area (TPSA) is 125 Å². The Bertz CT molecular complexity index is 792. The second-order valence-corrected chi connectivity index (χ2v) is 9.47. The molecule has 0 saturated heterocycles. The van der Waals surface area contributed by atoms with E-state index in [-0.39, 0.29) is 29.1 Å². The average molecular weight is 414 g/mol. The number of carbonyl (C=O) groups is 1. The highest BCUT2D eigenvalue weighted by atomic mass is 32.2. The quantitative estimate of drug-likeness (QED) is 0.430. The highest BCUT2D eigenvalue weighted by Crippen LogP contribution is 2.26. The SMILES string of the molecule is CC(C)(C)OC(=O)N[C@H]1CC[C@H](COS(=O)(=O)c2ccc([N+](=O)[O-])cc2)CC1. The molecule has 156 valence electrons. The molecule has 1 saturated carbocycles. The van der Waals surface area contributed by atoms with Gasteiger partial charge in [-0.2, -0.15) is 8.42 Å². The summed E-state index contributed by atoms with van der Waals surface area (Å²) < 4.78 is 34.8. The molecule has 1 fully saturated rings. The van der Waals surface area contributed by atoms with E-state index in [2.05, 4.69) is 5.32 Å². The van der Waals surface area contributed by atoms with Crippen LogP contribution in [0.1, 0.15) is 46.5 Å². The van der Waals surface area contributed by atoms with Crippen molar-refractivity contribution < 1.29 is 27.1 Å². The van der Waals surface area contributed by atoms with Crippen LogP contribution in [-0.2, 0) is 19.0 Å². The van der Waals surface area contributed by atoms with Crippen LogP contribution in [0.25, 0.3) is 0 Å². The van der Waals surface area contributed by atoms with Crippen molar-refractivity contribution in [1.82, 2.24) is 5.32 Å². The molecule has 1 aliphatic rings. The van der Waals surface area contributed by atoms with Crippen molar-refractivity contribution in [3.8, 4) is 0 Å². The van der Waals surface area contributed by atoms with Crippen LogP contribution in [-0.4, -0.2) is 37.7 Å². The Morgan fingerprint density at radius 2 is 1.75 bits per heavy atom. The van der Waals surface area contributed by atoms with Crippen LogP contribution >= 0.6 is 0 Å². The van der Waals surface area contributed by atoms with Crippen molar-refractivity contribution in [2.24, 2.45) is 5.92 Å². The summed E-state index contributed by atoms with van der Waals surface area (Å²) in [5.41, 5.74) is -0.740. The molecule has 1 N–H and O–H groups in total. The molecule has 1 aliphatic carbocycles. The molecule has 0 aromatic heterocycles. The maximum atomic E-state index is 12.2. The van der Waals surface area contributed by atoms with E-state index in [1.807, 2.05) is 0 Å². The molecule has 1 aromatic carbocycles. The molecule has 10 heteroatoms. The van der Waals surface area contributed by atoms with Gasteiger partial charge >= 0.3 is 6.09 Å². The molecule has 0 spiro atoms. The van der Waals surface area contributed by atoms with Crippen LogP contribution in [0.3, 0.4) is 0 Å². The minimum absolute atomic E-state index is 0.00243. The third kappa shape index (κ3) is 6.75. The summed E-state index contributed by atoms with van der Waals surface area (Å²) in [6.07, 6.45) is 2.41. The molecule has 2 rings (SSSR count). The zero-order valence-corrected chi connectivity index (χ0v) is 17.0. The lowest BCUT2D eigenvalue weighted by molar-refractivity contribution is -0.384. The van der Waals surface area contributed by atoms with Gasteiger partial charge in [0, 0.05) is 18.2 Å². The van der Waals surface area contributed by atoms with Gasteiger partial charge in [0.2, 0.25) is 0 Å². The van der Waals surface area contributed by atoms with E-state index in [9.17, 15) is 23.3 Å². The first-order chi connectivity index (χ1) is 13.0. The van der Waals surface area contributed by atoms with Crippen LogP contribution in [0.5, 0.6) is 0 Å². The summed E-state index contributed by atoms with van der Waals surface area (Å²) in [6.45, 7) is 5.43. The van der Waals surface area contributed by atoms with Gasteiger partial charge in [0.05, 0.1) is 16.4 Å². The predicted octanol–water partition coefficient (Wildman–Crippen LogP) is 3.38. The van der Waals surface area contributed by atoms with Gasteiger partial charge in [-0.05, 0) is 64.5 Å². The molecule has 0 radical (unpaired) electrons. The molecule has 1 amide bonds. The Morgan fingerprint density at radius 3 is 2.25 bits per heavy atom. The van der Waals surface area contributed by atoms with Gasteiger partial charge in [-0.1, -0.05) is 0 Å². The van der Waals surface area contributed by atoms with Gasteiger partial charge in [-0.15, -0.1) is 0 Å². The summed E-state index contributed by atoms with van der Waals surface area (Å²) in [5, 5.41) is 13.5. The van der Waals surface area contributed by atoms with E-state index in [1.165, 1.54) is 0 Å². The first kappa shape index (κ1) is 22.1. The number of ether oxygens (including phenoxy) is 1. The van der Waals surface area contributed by atoms with Crippen molar-refractivity contribution in [3.05, 3.63) is 34.4 Å². The minimum Gasteiger partial charge on any atom is -0.444 e. The smallest absolute Gasteiger partial charge is 0.407 e. The fraction of sp³-hybridized carbons (Fsp3) is 0.611. The maximum absolute atomic E-state index is 12.2. The number of carbonyl (C=O) groups excluding carboxylic acids is 1. The Balaban J connectivity index is 1.80. The number of alkyl carbamates (subject to hydrolysis) is 1. The van der Waals surface area contributed by atoms with Gasteiger partial charge in [-0.25, -0.2) is 4.79 Å². The van der Waals surface area contributed by atoms with E-state index >= 15 is 0 Å². The third-order valence-corrected chi connectivity index (χ3v) is 5.66. The molecule has 0 aliphatic heterocycles. The lowest BCUT2D eigenvalue weighted by atomic mass is 9.87. The number of hydrogen-bond donors (Lipinski definition) is 1. The second kappa shape index (κ2) is 8.87. The summed E-state index contributed by atoms with van der Waals surface area (Å²) in [6, 6.07) is 4.58. The highest BCUT2D eigenvalue weighted by Gasteiger charge is 2.26. The lowest BCUT2D eigenvalue weighted by Gasteiger charge is -2.29. The minimum atomic E-state index is -3.97. The van der Waals surface area contributed by atoms with Crippen LogP contribution in [0.15, 0.2) is 29.2 Å². The molecule has 0 bridgehead atoms. The van der Waals surface area contributed by atoms with Crippen molar-refractivity contribution in [2.45, 2.75) is 63.0 Å². The van der Waals surface area contributed by atoms with Gasteiger partial charge < -0.3 is 10.1 Å². The Hall–Kier alpha value is -2.20. The number of rotatable bonds is 6. The van der Waals surface area contributed by atoms with Gasteiger partial charge in [0.1, 0.15) is 5.60 Å². The molecular formula is C18H26N2O7S. The van der Waals surface area contributed by atoms with Gasteiger partial charge in [0.25, 0.3) is 15.8 Å². The largest absolute Gasteiger partial charge is 0.444 e. The van der Waals surface area contributed by atoms with Crippen molar-refractivity contribution in [3.63, 3.8) is 0 Å². The molecule has 9 nitrogen and oxygen atoms in total. The van der Waals surface area contributed by atoms with Crippen molar-refractivity contribution in [2.75, 3.05) is 6.61 Å². The summed E-state index contributed by atoms with van der Waals surface area (Å²) in [4.78, 5) is 21.7. The number of benzene rings is 1. The molecule has 28 heavy (non-hydrogen) atoms. The van der Waals surface area contributed by atoms with Gasteiger partial charge in [-0.3, -0.25) is 14.3 Å². The first-order valence-corrected chi connectivity index (χ1v) is 10.5. The first-order valence-electron chi connectivity index (χ1n) is 9.10. The number of amides is 1. The summed E-state index contributed by atoms with van der Waals surface area (Å²) >= 11 is 0. The number of hydrogen-bond acceptors (Lipinski definition) is 7. The van der Waals surface area contributed by atoms with Crippen molar-refractivity contribution in [1.29, 1.82) is 0 Å². The van der Waals surface area contributed by atoms with Crippen molar-refractivity contribution >= 4 is 21.9 Å². The lowest BCUT2D eigenvalue weighted by Crippen LogP contribution is -2.41. The monoisotopic (exact) mass is 414 g/mol. The number of nitrogens with zero attached hydrogens (tertiary/aromatic N) is 1. The molecule has 0 atom stereocenters. The molecule has 0 heterocycles. The zero-order chi connectivity index (χ0) is 20.9. The molecule has 0 unspecified atom stereocenters. The Morgan fingerprint density at radius 1 is 1.18 bits per heavy atom. The van der Waals surface area contributed by atoms with E-state index in [0.717, 1.165) is 37.1 Å². The van der Waals surface area contributed by atoms with E-state index < -0.39 is 26.7 Å². The van der Waals surface area contributed by atoms with E-state index in [0.29, 0.717) is 12.8 Å². The highest BCUT2D eigenvalue weighted by molar-refractivity contribution is 7.86. The van der Waals surface area contributed by atoms with E-state index in [4.69, 9.17) is 8.92 Å². The average Bonchev–Trinajstić information content (AvgIpc) is 2.59. The van der Waals surface area contributed by atoms with Crippen LogP contribution in [0.2, 0.25) is 0 Å². The van der Waals surface area contributed by atoms with Crippen LogP contribution < -0.4 is 5.32 Å². The second-order valence-electron chi connectivity index (χ2n) is 7.85. The fourth-order valence-electron chi connectivity index (χ4n) is 2.94. The zero-order valence-electron chi connectivity index (χ0n) is 16.2. The molecule has 1 aromatic rings. The number of nitro benzene ring substituents is 1. The Labute approximate surface area is 164 Å².